The number of hydrogen-bond donors (Lipinski definition) is 1. The summed E-state index contributed by atoms with van der Waals surface area (Å²) in [6.45, 7) is -2.88. The molecule has 0 aliphatic carbocycles. The van der Waals surface area contributed by atoms with Crippen LogP contribution in [0.4, 0.5) is 8.78 Å². The van der Waals surface area contributed by atoms with E-state index in [2.05, 4.69) is 20.7 Å². The predicted octanol–water partition coefficient (Wildman–Crippen LogP) is 4.81. The van der Waals surface area contributed by atoms with E-state index in [1.807, 2.05) is 0 Å². The van der Waals surface area contributed by atoms with E-state index in [-0.39, 0.29) is 5.75 Å². The van der Waals surface area contributed by atoms with E-state index in [1.54, 1.807) is 24.3 Å². The molecule has 0 bridgehead atoms. The van der Waals surface area contributed by atoms with Gasteiger partial charge >= 0.3 is 6.61 Å². The van der Waals surface area contributed by atoms with Gasteiger partial charge in [-0.15, -0.1) is 11.3 Å². The fourth-order valence-corrected chi connectivity index (χ4v) is 3.37. The molecule has 0 saturated carbocycles. The number of para-hydroxylation sites is 1. The summed E-state index contributed by atoms with van der Waals surface area (Å²) < 4.78 is 30.5. The highest BCUT2D eigenvalue weighted by atomic mass is 79.9. The van der Waals surface area contributed by atoms with Crippen molar-refractivity contribution >= 4 is 38.9 Å². The highest BCUT2D eigenvalue weighted by Gasteiger charge is 2.19. The Hall–Kier alpha value is -0.690. The van der Waals surface area contributed by atoms with Gasteiger partial charge in [0.2, 0.25) is 0 Å². The summed E-state index contributed by atoms with van der Waals surface area (Å²) in [5.74, 6) is 0.0747. The van der Waals surface area contributed by atoms with Gasteiger partial charge in [0.1, 0.15) is 10.1 Å². The van der Waals surface area contributed by atoms with Crippen LogP contribution in [-0.4, -0.2) is 6.61 Å². The van der Waals surface area contributed by atoms with E-state index in [9.17, 15) is 8.78 Å². The Morgan fingerprint density at radius 3 is 2.58 bits per heavy atom. The average Bonchev–Trinajstić information content (AvgIpc) is 2.69. The van der Waals surface area contributed by atoms with E-state index in [1.165, 1.54) is 17.4 Å². The zero-order chi connectivity index (χ0) is 14.0. The lowest BCUT2D eigenvalue weighted by Gasteiger charge is -2.15. The summed E-state index contributed by atoms with van der Waals surface area (Å²) in [5, 5.41) is 0. The highest BCUT2D eigenvalue weighted by molar-refractivity contribution is 9.10. The Morgan fingerprint density at radius 1 is 1.32 bits per heavy atom. The second kappa shape index (κ2) is 6.17. The number of halogens is 4. The SMILES string of the molecule is NC(c1cc(Br)c(Cl)s1)c1ccccc1OC(F)F. The molecular formula is C12H9BrClF2NOS. The molecule has 0 spiro atoms. The van der Waals surface area contributed by atoms with Crippen LogP contribution in [0.5, 0.6) is 5.75 Å². The zero-order valence-electron chi connectivity index (χ0n) is 9.45. The first-order valence-corrected chi connectivity index (χ1v) is 7.22. The fraction of sp³-hybridized carbons (Fsp3) is 0.167. The number of benzene rings is 1. The van der Waals surface area contributed by atoms with Crippen molar-refractivity contribution in [2.24, 2.45) is 5.73 Å². The minimum Gasteiger partial charge on any atom is -0.434 e. The molecule has 2 aromatic rings. The van der Waals surface area contributed by atoms with Gasteiger partial charge in [-0.05, 0) is 28.1 Å². The number of rotatable bonds is 4. The van der Waals surface area contributed by atoms with Gasteiger partial charge in [0.25, 0.3) is 0 Å². The molecule has 19 heavy (non-hydrogen) atoms. The van der Waals surface area contributed by atoms with E-state index < -0.39 is 12.7 Å². The quantitative estimate of drug-likeness (QED) is 0.840. The van der Waals surface area contributed by atoms with Crippen molar-refractivity contribution in [3.8, 4) is 5.75 Å². The standard InChI is InChI=1S/C12H9BrClF2NOS/c13-7-5-9(19-11(7)14)10(17)6-3-1-2-4-8(6)18-12(15)16/h1-5,10,12H,17H2. The normalized spacial score (nSPS) is 12.7. The molecule has 1 aromatic heterocycles. The molecule has 0 aliphatic rings. The number of ether oxygens (including phenoxy) is 1. The summed E-state index contributed by atoms with van der Waals surface area (Å²) in [7, 11) is 0. The van der Waals surface area contributed by atoms with Gasteiger partial charge in [-0.3, -0.25) is 0 Å². The number of nitrogens with two attached hydrogens (primary N) is 1. The van der Waals surface area contributed by atoms with Crippen LogP contribution >= 0.6 is 38.9 Å². The molecule has 0 aliphatic heterocycles. The van der Waals surface area contributed by atoms with Gasteiger partial charge in [0.15, 0.2) is 0 Å². The van der Waals surface area contributed by atoms with E-state index in [4.69, 9.17) is 17.3 Å². The first kappa shape index (κ1) is 14.7. The summed E-state index contributed by atoms with van der Waals surface area (Å²) in [6, 6.07) is 7.67. The number of hydrogen-bond acceptors (Lipinski definition) is 3. The van der Waals surface area contributed by atoms with Crippen molar-refractivity contribution < 1.29 is 13.5 Å². The monoisotopic (exact) mass is 367 g/mol. The van der Waals surface area contributed by atoms with Gasteiger partial charge in [-0.25, -0.2) is 0 Å². The van der Waals surface area contributed by atoms with Crippen LogP contribution in [0.25, 0.3) is 0 Å². The molecule has 0 fully saturated rings. The van der Waals surface area contributed by atoms with Crippen LogP contribution in [0.3, 0.4) is 0 Å². The molecule has 0 saturated heterocycles. The van der Waals surface area contributed by atoms with Crippen LogP contribution in [0, 0.1) is 0 Å². The lowest BCUT2D eigenvalue weighted by molar-refractivity contribution is -0.0505. The summed E-state index contributed by atoms with van der Waals surface area (Å²) in [6.07, 6.45) is 0. The molecule has 2 rings (SSSR count). The molecular weight excluding hydrogens is 360 g/mol. The van der Waals surface area contributed by atoms with Crippen molar-refractivity contribution in [3.63, 3.8) is 0 Å². The third kappa shape index (κ3) is 3.45. The van der Waals surface area contributed by atoms with Crippen LogP contribution in [0.15, 0.2) is 34.8 Å². The Labute approximate surface area is 126 Å². The van der Waals surface area contributed by atoms with Crippen LogP contribution < -0.4 is 10.5 Å². The number of alkyl halides is 2. The smallest absolute Gasteiger partial charge is 0.387 e. The van der Waals surface area contributed by atoms with E-state index in [0.29, 0.717) is 9.90 Å². The van der Waals surface area contributed by atoms with Crippen LogP contribution in [0.2, 0.25) is 4.34 Å². The van der Waals surface area contributed by atoms with Gasteiger partial charge in [0.05, 0.1) is 6.04 Å². The molecule has 1 unspecified atom stereocenters. The van der Waals surface area contributed by atoms with Crippen LogP contribution in [-0.2, 0) is 0 Å². The van der Waals surface area contributed by atoms with Crippen molar-refractivity contribution in [2.45, 2.75) is 12.7 Å². The summed E-state index contributed by atoms with van der Waals surface area (Å²) in [4.78, 5) is 0.766. The second-order valence-electron chi connectivity index (χ2n) is 3.66. The summed E-state index contributed by atoms with van der Waals surface area (Å²) >= 11 is 10.5. The molecule has 0 radical (unpaired) electrons. The minimum atomic E-state index is -2.88. The third-order valence-corrected chi connectivity index (χ3v) is 5.00. The van der Waals surface area contributed by atoms with Gasteiger partial charge in [-0.1, -0.05) is 29.8 Å². The molecule has 1 aromatic carbocycles. The van der Waals surface area contributed by atoms with Crippen molar-refractivity contribution in [2.75, 3.05) is 0 Å². The lowest BCUT2D eigenvalue weighted by Crippen LogP contribution is -2.13. The molecule has 2 N–H and O–H groups in total. The second-order valence-corrected chi connectivity index (χ2v) is 6.20. The lowest BCUT2D eigenvalue weighted by atomic mass is 10.1. The van der Waals surface area contributed by atoms with Crippen molar-refractivity contribution in [1.82, 2.24) is 0 Å². The molecule has 102 valence electrons. The first-order valence-electron chi connectivity index (χ1n) is 5.23. The molecule has 0 amide bonds. The largest absolute Gasteiger partial charge is 0.434 e. The van der Waals surface area contributed by atoms with Crippen molar-refractivity contribution in [3.05, 3.63) is 49.6 Å². The highest BCUT2D eigenvalue weighted by Crippen LogP contribution is 2.38. The Kier molecular flexibility index (Phi) is 4.78. The van der Waals surface area contributed by atoms with Gasteiger partial charge in [-0.2, -0.15) is 8.78 Å². The average molecular weight is 369 g/mol. The zero-order valence-corrected chi connectivity index (χ0v) is 12.6. The predicted molar refractivity (Wildman–Crippen MR) is 76.1 cm³/mol. The Morgan fingerprint density at radius 2 is 2.00 bits per heavy atom. The first-order chi connectivity index (χ1) is 8.99. The topological polar surface area (TPSA) is 35.2 Å². The van der Waals surface area contributed by atoms with Gasteiger partial charge < -0.3 is 10.5 Å². The fourth-order valence-electron chi connectivity index (χ4n) is 1.61. The minimum absolute atomic E-state index is 0.0747. The maximum Gasteiger partial charge on any atom is 0.387 e. The molecule has 7 heteroatoms. The Balaban J connectivity index is 2.35. The van der Waals surface area contributed by atoms with E-state index >= 15 is 0 Å². The summed E-state index contributed by atoms with van der Waals surface area (Å²) in [5.41, 5.74) is 6.57. The maximum absolute atomic E-state index is 12.3. The molecule has 2 nitrogen and oxygen atoms in total. The number of thiophene rings is 1. The van der Waals surface area contributed by atoms with Crippen molar-refractivity contribution in [1.29, 1.82) is 0 Å². The van der Waals surface area contributed by atoms with Crippen LogP contribution in [0.1, 0.15) is 16.5 Å². The molecule has 1 heterocycles. The maximum atomic E-state index is 12.3. The van der Waals surface area contributed by atoms with E-state index in [0.717, 1.165) is 9.35 Å². The Bertz CT molecular complexity index is 559. The molecule has 1 atom stereocenters. The van der Waals surface area contributed by atoms with Gasteiger partial charge in [0, 0.05) is 14.9 Å². The third-order valence-electron chi connectivity index (χ3n) is 2.44.